The fourth-order valence-corrected chi connectivity index (χ4v) is 1.62. The highest BCUT2D eigenvalue weighted by Crippen LogP contribution is 2.09. The van der Waals surface area contributed by atoms with E-state index >= 15 is 0 Å². The van der Waals surface area contributed by atoms with Crippen molar-refractivity contribution in [1.82, 2.24) is 24.5 Å². The molecule has 2 aromatic rings. The second kappa shape index (κ2) is 6.71. The molecule has 0 aliphatic carbocycles. The first-order chi connectivity index (χ1) is 9.29. The standard InChI is InChI=1S/C12H13ClN6/c1-2-3-4-5-6-15-11-16-10(13)17-12(18-11)19-8-7-14-9-19/h1,7-9H,3-6H2,(H,15,16,17,18). The summed E-state index contributed by atoms with van der Waals surface area (Å²) in [5, 5.41) is 3.24. The predicted octanol–water partition coefficient (Wildman–Crippen LogP) is 1.93. The van der Waals surface area contributed by atoms with Crippen LogP contribution in [0.4, 0.5) is 5.95 Å². The lowest BCUT2D eigenvalue weighted by Gasteiger charge is -2.06. The van der Waals surface area contributed by atoms with Gasteiger partial charge in [0.05, 0.1) is 0 Å². The molecule has 0 saturated carbocycles. The molecule has 0 unspecified atom stereocenters. The van der Waals surface area contributed by atoms with Gasteiger partial charge in [-0.3, -0.25) is 4.57 Å². The van der Waals surface area contributed by atoms with Crippen LogP contribution in [-0.2, 0) is 0 Å². The van der Waals surface area contributed by atoms with Crippen LogP contribution in [-0.4, -0.2) is 31.0 Å². The van der Waals surface area contributed by atoms with Crippen LogP contribution in [0, 0.1) is 12.3 Å². The Morgan fingerprint density at radius 3 is 2.95 bits per heavy atom. The normalized spacial score (nSPS) is 10.1. The third-order valence-corrected chi connectivity index (χ3v) is 2.53. The van der Waals surface area contributed by atoms with Crippen molar-refractivity contribution in [3.05, 3.63) is 24.0 Å². The smallest absolute Gasteiger partial charge is 0.241 e. The van der Waals surface area contributed by atoms with Crippen LogP contribution in [0.3, 0.4) is 0 Å². The number of nitrogens with one attached hydrogen (secondary N) is 1. The molecule has 0 saturated heterocycles. The molecule has 0 bridgehead atoms. The van der Waals surface area contributed by atoms with E-state index in [1.165, 1.54) is 0 Å². The fraction of sp³-hybridized carbons (Fsp3) is 0.333. The molecule has 19 heavy (non-hydrogen) atoms. The van der Waals surface area contributed by atoms with E-state index < -0.39 is 0 Å². The van der Waals surface area contributed by atoms with E-state index in [0.29, 0.717) is 11.9 Å². The van der Waals surface area contributed by atoms with E-state index in [2.05, 4.69) is 31.2 Å². The van der Waals surface area contributed by atoms with Gasteiger partial charge in [-0.05, 0) is 24.4 Å². The summed E-state index contributed by atoms with van der Waals surface area (Å²) in [5.74, 6) is 3.49. The van der Waals surface area contributed by atoms with E-state index in [9.17, 15) is 0 Å². The summed E-state index contributed by atoms with van der Waals surface area (Å²) >= 11 is 5.87. The minimum Gasteiger partial charge on any atom is -0.354 e. The number of rotatable bonds is 6. The van der Waals surface area contributed by atoms with Crippen LogP contribution in [0.1, 0.15) is 19.3 Å². The maximum atomic E-state index is 5.87. The predicted molar refractivity (Wildman–Crippen MR) is 73.1 cm³/mol. The number of unbranched alkanes of at least 4 members (excludes halogenated alkanes) is 2. The van der Waals surface area contributed by atoms with Crippen molar-refractivity contribution >= 4 is 17.5 Å². The third kappa shape index (κ3) is 3.93. The molecule has 0 radical (unpaired) electrons. The number of halogens is 1. The Labute approximate surface area is 116 Å². The van der Waals surface area contributed by atoms with Crippen molar-refractivity contribution in [1.29, 1.82) is 0 Å². The van der Waals surface area contributed by atoms with E-state index in [1.807, 2.05) is 0 Å². The SMILES string of the molecule is C#CCCCCNc1nc(Cl)nc(-n2ccnc2)n1. The number of aromatic nitrogens is 5. The van der Waals surface area contributed by atoms with Gasteiger partial charge in [0.2, 0.25) is 17.2 Å². The molecule has 0 aliphatic rings. The first kappa shape index (κ1) is 13.3. The molecule has 98 valence electrons. The number of imidazole rings is 1. The van der Waals surface area contributed by atoms with Gasteiger partial charge in [0.15, 0.2) is 0 Å². The second-order valence-corrected chi connectivity index (χ2v) is 4.12. The topological polar surface area (TPSA) is 68.5 Å². The Morgan fingerprint density at radius 2 is 2.21 bits per heavy atom. The Kier molecular flexibility index (Phi) is 4.70. The largest absolute Gasteiger partial charge is 0.354 e. The lowest BCUT2D eigenvalue weighted by molar-refractivity contribution is 0.780. The van der Waals surface area contributed by atoms with Gasteiger partial charge in [-0.25, -0.2) is 4.98 Å². The third-order valence-electron chi connectivity index (χ3n) is 2.36. The minimum atomic E-state index is 0.143. The second-order valence-electron chi connectivity index (χ2n) is 3.79. The maximum absolute atomic E-state index is 5.87. The molecule has 2 rings (SSSR count). The highest BCUT2D eigenvalue weighted by Gasteiger charge is 2.05. The minimum absolute atomic E-state index is 0.143. The lowest BCUT2D eigenvalue weighted by atomic mass is 10.2. The number of anilines is 1. The highest BCUT2D eigenvalue weighted by molar-refractivity contribution is 6.28. The van der Waals surface area contributed by atoms with Crippen molar-refractivity contribution < 1.29 is 0 Å². The van der Waals surface area contributed by atoms with Crippen molar-refractivity contribution in [3.8, 4) is 18.3 Å². The van der Waals surface area contributed by atoms with Gasteiger partial charge in [-0.1, -0.05) is 0 Å². The van der Waals surface area contributed by atoms with E-state index in [0.717, 1.165) is 25.8 Å². The summed E-state index contributed by atoms with van der Waals surface area (Å²) in [6.45, 7) is 0.741. The van der Waals surface area contributed by atoms with E-state index in [-0.39, 0.29) is 5.28 Å². The summed E-state index contributed by atoms with van der Waals surface area (Å²) < 4.78 is 1.66. The quantitative estimate of drug-likeness (QED) is 0.645. The summed E-state index contributed by atoms with van der Waals surface area (Å²) in [4.78, 5) is 16.2. The Hall–Kier alpha value is -2.13. The maximum Gasteiger partial charge on any atom is 0.241 e. The van der Waals surface area contributed by atoms with Crippen LogP contribution in [0.15, 0.2) is 18.7 Å². The van der Waals surface area contributed by atoms with Gasteiger partial charge in [-0.2, -0.15) is 15.0 Å². The molecule has 0 amide bonds. The molecule has 0 spiro atoms. The van der Waals surface area contributed by atoms with Gasteiger partial charge in [-0.15, -0.1) is 12.3 Å². The number of hydrogen-bond donors (Lipinski definition) is 1. The lowest BCUT2D eigenvalue weighted by Crippen LogP contribution is -2.09. The molecule has 1 N–H and O–H groups in total. The first-order valence-corrected chi connectivity index (χ1v) is 6.24. The molecule has 0 atom stereocenters. The highest BCUT2D eigenvalue weighted by atomic mass is 35.5. The summed E-state index contributed by atoms with van der Waals surface area (Å²) in [6.07, 6.45) is 12.9. The van der Waals surface area contributed by atoms with E-state index in [1.54, 1.807) is 23.3 Å². The molecule has 2 aromatic heterocycles. The van der Waals surface area contributed by atoms with Crippen LogP contribution in [0.2, 0.25) is 5.28 Å². The molecule has 0 aromatic carbocycles. The summed E-state index contributed by atoms with van der Waals surface area (Å²) in [7, 11) is 0. The molecule has 7 heteroatoms. The molecular formula is C12H13ClN6. The van der Waals surface area contributed by atoms with Gasteiger partial charge in [0, 0.05) is 25.4 Å². The van der Waals surface area contributed by atoms with Crippen molar-refractivity contribution in [3.63, 3.8) is 0 Å². The van der Waals surface area contributed by atoms with Crippen molar-refractivity contribution in [2.45, 2.75) is 19.3 Å². The Bertz CT molecular complexity index is 560. The average molecular weight is 277 g/mol. The molecule has 6 nitrogen and oxygen atoms in total. The fourth-order valence-electron chi connectivity index (χ4n) is 1.46. The zero-order valence-electron chi connectivity index (χ0n) is 10.3. The molecule has 2 heterocycles. The van der Waals surface area contributed by atoms with Crippen LogP contribution in [0.25, 0.3) is 5.95 Å². The number of hydrogen-bond acceptors (Lipinski definition) is 5. The van der Waals surface area contributed by atoms with Gasteiger partial charge in [0.1, 0.15) is 6.33 Å². The molecular weight excluding hydrogens is 264 g/mol. The Morgan fingerprint density at radius 1 is 1.32 bits per heavy atom. The molecule has 0 aliphatic heterocycles. The van der Waals surface area contributed by atoms with Crippen molar-refractivity contribution in [2.24, 2.45) is 0 Å². The first-order valence-electron chi connectivity index (χ1n) is 5.87. The Balaban J connectivity index is 2.00. The summed E-state index contributed by atoms with van der Waals surface area (Å²) in [6, 6.07) is 0. The average Bonchev–Trinajstić information content (AvgIpc) is 2.92. The van der Waals surface area contributed by atoms with Gasteiger partial charge >= 0.3 is 0 Å². The van der Waals surface area contributed by atoms with Gasteiger partial charge < -0.3 is 5.32 Å². The number of nitrogens with zero attached hydrogens (tertiary/aromatic N) is 5. The van der Waals surface area contributed by atoms with Crippen LogP contribution in [0.5, 0.6) is 0 Å². The zero-order chi connectivity index (χ0) is 13.5. The van der Waals surface area contributed by atoms with Crippen LogP contribution >= 0.6 is 11.6 Å². The van der Waals surface area contributed by atoms with Crippen molar-refractivity contribution in [2.75, 3.05) is 11.9 Å². The van der Waals surface area contributed by atoms with Gasteiger partial charge in [0.25, 0.3) is 0 Å². The van der Waals surface area contributed by atoms with E-state index in [4.69, 9.17) is 18.0 Å². The zero-order valence-corrected chi connectivity index (χ0v) is 11.0. The monoisotopic (exact) mass is 276 g/mol. The van der Waals surface area contributed by atoms with Crippen LogP contribution < -0.4 is 5.32 Å². The summed E-state index contributed by atoms with van der Waals surface area (Å²) in [5.41, 5.74) is 0. The number of terminal acetylenes is 1. The molecule has 0 fully saturated rings.